The zero-order valence-electron chi connectivity index (χ0n) is 15.8. The molecule has 1 aliphatic carbocycles. The van der Waals surface area contributed by atoms with Crippen molar-refractivity contribution in [1.29, 1.82) is 0 Å². The van der Waals surface area contributed by atoms with Crippen LogP contribution in [0.4, 0.5) is 0 Å². The summed E-state index contributed by atoms with van der Waals surface area (Å²) < 4.78 is 34.9. The Kier molecular flexibility index (Phi) is 4.39. The summed E-state index contributed by atoms with van der Waals surface area (Å²) >= 11 is 0. The van der Waals surface area contributed by atoms with Gasteiger partial charge in [-0.25, -0.2) is 8.42 Å². The molecule has 1 saturated heterocycles. The molecule has 2 aromatic rings. The fourth-order valence-corrected chi connectivity index (χ4v) is 5.75. The molecule has 3 heterocycles. The molecule has 2 aromatic heterocycles. The third kappa shape index (κ3) is 2.99. The van der Waals surface area contributed by atoms with Crippen molar-refractivity contribution in [2.24, 2.45) is 7.05 Å². The van der Waals surface area contributed by atoms with Gasteiger partial charge in [-0.15, -0.1) is 0 Å². The van der Waals surface area contributed by atoms with Crippen LogP contribution in [0.15, 0.2) is 9.42 Å². The van der Waals surface area contributed by atoms with Gasteiger partial charge in [0.2, 0.25) is 10.0 Å². The van der Waals surface area contributed by atoms with Crippen LogP contribution in [0.25, 0.3) is 0 Å². The van der Waals surface area contributed by atoms with Crippen LogP contribution in [-0.4, -0.2) is 50.8 Å². The van der Waals surface area contributed by atoms with Gasteiger partial charge in [-0.2, -0.15) is 14.4 Å². The van der Waals surface area contributed by atoms with Gasteiger partial charge in [0.15, 0.2) is 11.4 Å². The Balaban J connectivity index is 1.64. The highest BCUT2D eigenvalue weighted by molar-refractivity contribution is 7.89. The van der Waals surface area contributed by atoms with Gasteiger partial charge in [-0.1, -0.05) is 19.0 Å². The van der Waals surface area contributed by atoms with Gasteiger partial charge in [0.1, 0.15) is 4.90 Å². The SMILES string of the molecule is CCc1nn(C)c(CC)c1S(=O)(=O)N1CC[C@@](O)(c2nc(C3CC3)no2)C1. The molecule has 148 valence electrons. The fraction of sp³-hybridized carbons (Fsp3) is 0.706. The third-order valence-corrected chi connectivity index (χ3v) is 7.43. The normalized spacial score (nSPS) is 24.0. The van der Waals surface area contributed by atoms with Gasteiger partial charge < -0.3 is 9.63 Å². The van der Waals surface area contributed by atoms with Crippen molar-refractivity contribution in [2.45, 2.75) is 62.4 Å². The maximum atomic E-state index is 13.3. The smallest absolute Gasteiger partial charge is 0.260 e. The molecule has 0 radical (unpaired) electrons. The lowest BCUT2D eigenvalue weighted by atomic mass is 10.0. The highest BCUT2D eigenvalue weighted by atomic mass is 32.2. The average Bonchev–Trinajstić information content (AvgIpc) is 3.07. The second-order valence-electron chi connectivity index (χ2n) is 7.41. The Bertz CT molecular complexity index is 962. The Morgan fingerprint density at radius 1 is 1.30 bits per heavy atom. The number of rotatable bonds is 6. The Morgan fingerprint density at radius 3 is 2.67 bits per heavy atom. The first kappa shape index (κ1) is 18.6. The first-order valence-electron chi connectivity index (χ1n) is 9.41. The van der Waals surface area contributed by atoms with Crippen LogP contribution in [0.5, 0.6) is 0 Å². The van der Waals surface area contributed by atoms with Gasteiger partial charge >= 0.3 is 0 Å². The van der Waals surface area contributed by atoms with Crippen molar-refractivity contribution in [2.75, 3.05) is 13.1 Å². The topological polar surface area (TPSA) is 114 Å². The number of hydrogen-bond donors (Lipinski definition) is 1. The van der Waals surface area contributed by atoms with E-state index < -0.39 is 15.6 Å². The van der Waals surface area contributed by atoms with Crippen LogP contribution < -0.4 is 0 Å². The third-order valence-electron chi connectivity index (χ3n) is 5.45. The molecule has 1 aliphatic heterocycles. The summed E-state index contributed by atoms with van der Waals surface area (Å²) in [5.41, 5.74) is -0.219. The van der Waals surface area contributed by atoms with Crippen molar-refractivity contribution in [3.63, 3.8) is 0 Å². The first-order valence-corrected chi connectivity index (χ1v) is 10.9. The van der Waals surface area contributed by atoms with Crippen LogP contribution in [0.3, 0.4) is 0 Å². The number of aromatic nitrogens is 4. The predicted octanol–water partition coefficient (Wildman–Crippen LogP) is 1.09. The molecule has 2 fully saturated rings. The number of β-amino-alcohol motifs (C(OH)–C–C–N with tert-alkyl or cyclic N) is 1. The van der Waals surface area contributed by atoms with Crippen LogP contribution in [0.2, 0.25) is 0 Å². The molecule has 0 amide bonds. The number of aliphatic hydroxyl groups is 1. The van der Waals surface area contributed by atoms with Crippen LogP contribution in [0, 0.1) is 0 Å². The second-order valence-corrected chi connectivity index (χ2v) is 9.28. The number of sulfonamides is 1. The standard InChI is InChI=1S/C17H25N5O4S/c1-4-12-14(13(5-2)21(3)19-12)27(24,25)22-9-8-17(23,10-22)16-18-15(20-26-16)11-6-7-11/h11,23H,4-10H2,1-3H3/t17-/m0/s1. The highest BCUT2D eigenvalue weighted by Crippen LogP contribution is 2.40. The van der Waals surface area contributed by atoms with E-state index in [1.807, 2.05) is 13.8 Å². The van der Waals surface area contributed by atoms with E-state index in [0.717, 1.165) is 12.8 Å². The number of nitrogens with zero attached hydrogens (tertiary/aromatic N) is 5. The number of aryl methyl sites for hydroxylation is 2. The van der Waals surface area contributed by atoms with E-state index in [-0.39, 0.29) is 30.3 Å². The largest absolute Gasteiger partial charge is 0.379 e. The maximum absolute atomic E-state index is 13.3. The lowest BCUT2D eigenvalue weighted by molar-refractivity contribution is 0.0194. The van der Waals surface area contributed by atoms with E-state index >= 15 is 0 Å². The predicted molar refractivity (Wildman–Crippen MR) is 95.5 cm³/mol. The van der Waals surface area contributed by atoms with Gasteiger partial charge in [0.05, 0.1) is 17.9 Å². The molecule has 10 heteroatoms. The molecular weight excluding hydrogens is 370 g/mol. The molecule has 1 atom stereocenters. The van der Waals surface area contributed by atoms with Crippen molar-refractivity contribution in [3.8, 4) is 0 Å². The quantitative estimate of drug-likeness (QED) is 0.778. The van der Waals surface area contributed by atoms with Crippen molar-refractivity contribution < 1.29 is 18.0 Å². The summed E-state index contributed by atoms with van der Waals surface area (Å²) in [4.78, 5) is 4.59. The lowest BCUT2D eigenvalue weighted by Gasteiger charge is -2.20. The highest BCUT2D eigenvalue weighted by Gasteiger charge is 2.48. The molecule has 27 heavy (non-hydrogen) atoms. The summed E-state index contributed by atoms with van der Waals surface area (Å²) in [7, 11) is -2.02. The summed E-state index contributed by atoms with van der Waals surface area (Å²) in [5, 5.41) is 19.3. The van der Waals surface area contributed by atoms with Gasteiger partial charge in [0, 0.05) is 25.9 Å². The Morgan fingerprint density at radius 2 is 2.04 bits per heavy atom. The van der Waals surface area contributed by atoms with Crippen LogP contribution >= 0.6 is 0 Å². The minimum atomic E-state index is -3.78. The van der Waals surface area contributed by atoms with E-state index in [1.54, 1.807) is 11.7 Å². The number of hydrogen-bond acceptors (Lipinski definition) is 7. The molecule has 1 N–H and O–H groups in total. The lowest BCUT2D eigenvalue weighted by Crippen LogP contribution is -2.35. The Hall–Kier alpha value is -1.78. The molecule has 1 saturated carbocycles. The van der Waals surface area contributed by atoms with Gasteiger partial charge in [-0.3, -0.25) is 4.68 Å². The van der Waals surface area contributed by atoms with Crippen molar-refractivity contribution in [1.82, 2.24) is 24.2 Å². The molecule has 0 unspecified atom stereocenters. The Labute approximate surface area is 158 Å². The van der Waals surface area contributed by atoms with E-state index in [9.17, 15) is 13.5 Å². The molecule has 2 aliphatic rings. The van der Waals surface area contributed by atoms with Crippen molar-refractivity contribution >= 4 is 10.0 Å². The van der Waals surface area contributed by atoms with Gasteiger partial charge in [0.25, 0.3) is 5.89 Å². The summed E-state index contributed by atoms with van der Waals surface area (Å²) in [6.07, 6.45) is 3.36. The van der Waals surface area contributed by atoms with E-state index in [4.69, 9.17) is 4.52 Å². The van der Waals surface area contributed by atoms with E-state index in [2.05, 4.69) is 15.2 Å². The average molecular weight is 395 g/mol. The minimum absolute atomic E-state index is 0.0944. The molecule has 4 rings (SSSR count). The molecule has 0 aromatic carbocycles. The van der Waals surface area contributed by atoms with Crippen molar-refractivity contribution in [3.05, 3.63) is 23.1 Å². The van der Waals surface area contributed by atoms with Crippen LogP contribution in [-0.2, 0) is 35.5 Å². The minimum Gasteiger partial charge on any atom is -0.379 e. The summed E-state index contributed by atoms with van der Waals surface area (Å²) in [6, 6.07) is 0. The first-order chi connectivity index (χ1) is 12.8. The summed E-state index contributed by atoms with van der Waals surface area (Å²) in [6.45, 7) is 3.90. The second kappa shape index (κ2) is 6.39. The maximum Gasteiger partial charge on any atom is 0.260 e. The zero-order valence-corrected chi connectivity index (χ0v) is 16.7. The summed E-state index contributed by atoms with van der Waals surface area (Å²) in [5.74, 6) is 1.02. The molecule has 0 spiro atoms. The van der Waals surface area contributed by atoms with Gasteiger partial charge in [-0.05, 0) is 25.7 Å². The molecular formula is C17H25N5O4S. The molecule has 9 nitrogen and oxygen atoms in total. The van der Waals surface area contributed by atoms with Crippen LogP contribution in [0.1, 0.15) is 62.1 Å². The molecule has 0 bridgehead atoms. The van der Waals surface area contributed by atoms with E-state index in [0.29, 0.717) is 36.0 Å². The monoisotopic (exact) mass is 395 g/mol. The zero-order chi connectivity index (χ0) is 19.4. The van der Waals surface area contributed by atoms with E-state index in [1.165, 1.54) is 4.31 Å². The fourth-order valence-electron chi connectivity index (χ4n) is 3.72.